The molecule has 0 aliphatic carbocycles. The molecule has 3 aromatic rings. The summed E-state index contributed by atoms with van der Waals surface area (Å²) in [4.78, 5) is 19.1. The van der Waals surface area contributed by atoms with Crippen molar-refractivity contribution in [2.45, 2.75) is 6.42 Å². The molecule has 2 aromatic heterocycles. The van der Waals surface area contributed by atoms with Crippen LogP contribution in [0, 0.1) is 5.82 Å². The Kier molecular flexibility index (Phi) is 6.73. The number of halogens is 2. The summed E-state index contributed by atoms with van der Waals surface area (Å²) < 4.78 is 13.4. The molecule has 152 valence electrons. The third-order valence-electron chi connectivity index (χ3n) is 4.02. The molecule has 4 N–H and O–H groups in total. The predicted molar refractivity (Wildman–Crippen MR) is 114 cm³/mol. The van der Waals surface area contributed by atoms with E-state index in [9.17, 15) is 4.39 Å². The number of nitrogen functional groups attached to an aromatic ring is 1. The highest BCUT2D eigenvalue weighted by Crippen LogP contribution is 2.27. The van der Waals surface area contributed by atoms with Gasteiger partial charge >= 0.3 is 0 Å². The quantitative estimate of drug-likeness (QED) is 0.480. The Labute approximate surface area is 173 Å². The number of nitrogens with zero attached hydrogens (tertiary/aromatic N) is 5. The minimum absolute atomic E-state index is 0.0210. The highest BCUT2D eigenvalue weighted by molar-refractivity contribution is 6.31. The number of nitrogens with one attached hydrogen (secondary N) is 2. The second-order valence-electron chi connectivity index (χ2n) is 6.62. The molecule has 29 heavy (non-hydrogen) atoms. The molecule has 1 aromatic carbocycles. The summed E-state index contributed by atoms with van der Waals surface area (Å²) in [6.45, 7) is 1.66. The van der Waals surface area contributed by atoms with E-state index in [1.807, 2.05) is 14.1 Å². The first-order chi connectivity index (χ1) is 13.9. The number of benzene rings is 1. The van der Waals surface area contributed by atoms with Crippen LogP contribution in [-0.2, 0) is 0 Å². The molecular weight excluding hydrogens is 395 g/mol. The Bertz CT molecular complexity index is 965. The van der Waals surface area contributed by atoms with Gasteiger partial charge in [0.2, 0.25) is 11.9 Å². The molecule has 0 saturated heterocycles. The summed E-state index contributed by atoms with van der Waals surface area (Å²) in [5, 5.41) is 6.39. The van der Waals surface area contributed by atoms with Crippen molar-refractivity contribution in [3.05, 3.63) is 47.6 Å². The van der Waals surface area contributed by atoms with Crippen LogP contribution in [0.3, 0.4) is 0 Å². The zero-order chi connectivity index (χ0) is 20.8. The Morgan fingerprint density at radius 1 is 1.14 bits per heavy atom. The summed E-state index contributed by atoms with van der Waals surface area (Å²) in [7, 11) is 4.05. The van der Waals surface area contributed by atoms with Crippen LogP contribution in [0.15, 0.2) is 36.8 Å². The van der Waals surface area contributed by atoms with Crippen molar-refractivity contribution in [1.82, 2.24) is 24.8 Å². The molecule has 10 heteroatoms. The average Bonchev–Trinajstić information content (AvgIpc) is 2.69. The maximum Gasteiger partial charge on any atom is 0.229 e. The molecule has 3 rings (SSSR count). The highest BCUT2D eigenvalue weighted by Gasteiger charge is 2.11. The second-order valence-corrected chi connectivity index (χ2v) is 7.03. The van der Waals surface area contributed by atoms with Gasteiger partial charge in [-0.2, -0.15) is 4.98 Å². The van der Waals surface area contributed by atoms with E-state index in [1.54, 1.807) is 24.7 Å². The van der Waals surface area contributed by atoms with Crippen LogP contribution >= 0.6 is 11.6 Å². The van der Waals surface area contributed by atoms with Crippen molar-refractivity contribution >= 4 is 35.0 Å². The maximum atomic E-state index is 13.4. The molecule has 2 heterocycles. The maximum absolute atomic E-state index is 13.4. The number of aromatic nitrogens is 4. The first-order valence-corrected chi connectivity index (χ1v) is 9.36. The first-order valence-electron chi connectivity index (χ1n) is 8.98. The number of hydrogen-bond donors (Lipinski definition) is 3. The molecule has 0 amide bonds. The lowest BCUT2D eigenvalue weighted by atomic mass is 10.1. The van der Waals surface area contributed by atoms with Gasteiger partial charge in [0.1, 0.15) is 11.6 Å². The molecule has 0 aliphatic heterocycles. The molecule has 0 atom stereocenters. The van der Waals surface area contributed by atoms with E-state index < -0.39 is 5.82 Å². The van der Waals surface area contributed by atoms with E-state index in [2.05, 4.69) is 35.5 Å². The minimum Gasteiger partial charge on any atom is -0.369 e. The number of rotatable bonds is 8. The van der Waals surface area contributed by atoms with Crippen LogP contribution in [0.25, 0.3) is 11.1 Å². The lowest BCUT2D eigenvalue weighted by molar-refractivity contribution is 0.405. The van der Waals surface area contributed by atoms with Crippen molar-refractivity contribution in [2.75, 3.05) is 43.6 Å². The van der Waals surface area contributed by atoms with Crippen LogP contribution in [0.2, 0.25) is 5.02 Å². The zero-order valence-corrected chi connectivity index (χ0v) is 16.9. The fourth-order valence-corrected chi connectivity index (χ4v) is 2.75. The van der Waals surface area contributed by atoms with Gasteiger partial charge in [0, 0.05) is 41.9 Å². The largest absolute Gasteiger partial charge is 0.369 e. The molecule has 0 aliphatic rings. The molecule has 0 spiro atoms. The van der Waals surface area contributed by atoms with E-state index in [-0.39, 0.29) is 11.0 Å². The summed E-state index contributed by atoms with van der Waals surface area (Å²) in [5.74, 6) is 0.687. The van der Waals surface area contributed by atoms with E-state index in [1.165, 1.54) is 12.1 Å². The Morgan fingerprint density at radius 2 is 1.90 bits per heavy atom. The Balaban J connectivity index is 1.85. The number of nitrogens with two attached hydrogens (primary N) is 1. The molecule has 0 radical (unpaired) electrons. The minimum atomic E-state index is -0.486. The second kappa shape index (κ2) is 9.44. The number of anilines is 4. The van der Waals surface area contributed by atoms with Gasteiger partial charge in [-0.1, -0.05) is 11.6 Å². The lowest BCUT2D eigenvalue weighted by Crippen LogP contribution is -2.17. The fraction of sp³-hybridized carbons (Fsp3) is 0.263. The first kappa shape index (κ1) is 20.7. The Hall–Kier alpha value is -3.04. The lowest BCUT2D eigenvalue weighted by Gasteiger charge is -2.14. The van der Waals surface area contributed by atoms with E-state index in [4.69, 9.17) is 17.3 Å². The van der Waals surface area contributed by atoms with Gasteiger partial charge in [0.25, 0.3) is 0 Å². The van der Waals surface area contributed by atoms with Gasteiger partial charge in [0.05, 0.1) is 5.02 Å². The monoisotopic (exact) mass is 416 g/mol. The smallest absolute Gasteiger partial charge is 0.229 e. The Morgan fingerprint density at radius 3 is 2.59 bits per heavy atom. The van der Waals surface area contributed by atoms with Crippen molar-refractivity contribution in [2.24, 2.45) is 0 Å². The normalized spacial score (nSPS) is 10.9. The number of hydrogen-bond acceptors (Lipinski definition) is 8. The van der Waals surface area contributed by atoms with Crippen molar-refractivity contribution in [1.29, 1.82) is 0 Å². The molecule has 0 bridgehead atoms. The standard InChI is InChI=1S/C19H22ClFN8/c1-29(2)7-3-6-23-17-14(12-9-24-18(22)25-10-12)11-26-19(28-17)27-13-4-5-16(21)15(20)8-13/h4-5,8-11H,3,6-7H2,1-2H3,(H2,22,24,25)(H2,23,26,27,28). The van der Waals surface area contributed by atoms with E-state index in [0.29, 0.717) is 17.5 Å². The molecular formula is C19H22ClFN8. The molecule has 0 fully saturated rings. The van der Waals surface area contributed by atoms with Gasteiger partial charge in [-0.15, -0.1) is 0 Å². The third-order valence-corrected chi connectivity index (χ3v) is 4.31. The topological polar surface area (TPSA) is 105 Å². The van der Waals surface area contributed by atoms with E-state index in [0.717, 1.165) is 30.6 Å². The van der Waals surface area contributed by atoms with Gasteiger partial charge in [0.15, 0.2) is 0 Å². The third kappa shape index (κ3) is 5.72. The van der Waals surface area contributed by atoms with Crippen LogP contribution in [0.4, 0.5) is 27.8 Å². The van der Waals surface area contributed by atoms with Gasteiger partial charge in [-0.25, -0.2) is 19.3 Å². The van der Waals surface area contributed by atoms with Crippen LogP contribution in [0.5, 0.6) is 0 Å². The van der Waals surface area contributed by atoms with Gasteiger partial charge in [-0.05, 0) is 45.3 Å². The fourth-order valence-electron chi connectivity index (χ4n) is 2.57. The predicted octanol–water partition coefficient (Wildman–Crippen LogP) is 3.42. The summed E-state index contributed by atoms with van der Waals surface area (Å²) in [6.07, 6.45) is 5.85. The van der Waals surface area contributed by atoms with Crippen molar-refractivity contribution < 1.29 is 4.39 Å². The van der Waals surface area contributed by atoms with Crippen LogP contribution in [0.1, 0.15) is 6.42 Å². The van der Waals surface area contributed by atoms with Crippen molar-refractivity contribution in [3.8, 4) is 11.1 Å². The summed E-state index contributed by atoms with van der Waals surface area (Å²) in [5.41, 5.74) is 7.65. The van der Waals surface area contributed by atoms with Gasteiger partial charge in [-0.3, -0.25) is 0 Å². The highest BCUT2D eigenvalue weighted by atomic mass is 35.5. The molecule has 8 nitrogen and oxygen atoms in total. The molecule has 0 saturated carbocycles. The van der Waals surface area contributed by atoms with Crippen LogP contribution in [-0.4, -0.2) is 52.0 Å². The SMILES string of the molecule is CN(C)CCCNc1nc(Nc2ccc(F)c(Cl)c2)ncc1-c1cnc(N)nc1. The van der Waals surface area contributed by atoms with E-state index >= 15 is 0 Å². The van der Waals surface area contributed by atoms with Crippen molar-refractivity contribution in [3.63, 3.8) is 0 Å². The summed E-state index contributed by atoms with van der Waals surface area (Å²) >= 11 is 5.84. The summed E-state index contributed by atoms with van der Waals surface area (Å²) in [6, 6.07) is 4.33. The molecule has 0 unspecified atom stereocenters. The van der Waals surface area contributed by atoms with Gasteiger partial charge < -0.3 is 21.3 Å². The zero-order valence-electron chi connectivity index (χ0n) is 16.2. The van der Waals surface area contributed by atoms with Crippen LogP contribution < -0.4 is 16.4 Å². The average molecular weight is 417 g/mol.